The Balaban J connectivity index is 1.69. The van der Waals surface area contributed by atoms with E-state index in [2.05, 4.69) is 17.4 Å². The number of hydrogen-bond donors (Lipinski definition) is 1. The van der Waals surface area contributed by atoms with E-state index in [1.165, 1.54) is 24.0 Å². The van der Waals surface area contributed by atoms with Gasteiger partial charge in [-0.3, -0.25) is 0 Å². The van der Waals surface area contributed by atoms with E-state index < -0.39 is 5.97 Å². The third kappa shape index (κ3) is 3.28. The summed E-state index contributed by atoms with van der Waals surface area (Å²) >= 11 is 1.28. The van der Waals surface area contributed by atoms with E-state index >= 15 is 0 Å². The molecule has 1 aromatic heterocycles. The Kier molecular flexibility index (Phi) is 4.85. The van der Waals surface area contributed by atoms with Gasteiger partial charge in [0.25, 0.3) is 0 Å². The van der Waals surface area contributed by atoms with Gasteiger partial charge >= 0.3 is 12.0 Å². The van der Waals surface area contributed by atoms with Gasteiger partial charge in [-0.1, -0.05) is 30.3 Å². The molecule has 0 saturated carbocycles. The number of methoxy groups -OCH3 is 1. The van der Waals surface area contributed by atoms with Gasteiger partial charge in [-0.15, -0.1) is 11.3 Å². The first-order valence-corrected chi connectivity index (χ1v) is 8.75. The molecule has 1 saturated heterocycles. The number of anilines is 1. The van der Waals surface area contributed by atoms with Crippen LogP contribution < -0.4 is 5.32 Å². The second-order valence-electron chi connectivity index (χ2n) is 5.89. The van der Waals surface area contributed by atoms with E-state index in [1.807, 2.05) is 30.5 Å². The summed E-state index contributed by atoms with van der Waals surface area (Å²) in [4.78, 5) is 26.6. The quantitative estimate of drug-likeness (QED) is 0.860. The number of nitrogens with zero attached hydrogens (tertiary/aromatic N) is 1. The number of rotatable bonds is 3. The molecule has 1 fully saturated rings. The van der Waals surface area contributed by atoms with Crippen LogP contribution in [-0.2, 0) is 4.74 Å². The molecular weight excluding hydrogens is 324 g/mol. The molecule has 0 aliphatic carbocycles. The van der Waals surface area contributed by atoms with Crippen LogP contribution in [-0.4, -0.2) is 37.1 Å². The molecule has 1 aliphatic rings. The summed E-state index contributed by atoms with van der Waals surface area (Å²) in [6, 6.07) is 10.1. The van der Waals surface area contributed by atoms with Crippen LogP contribution in [0.5, 0.6) is 0 Å². The van der Waals surface area contributed by atoms with Crippen molar-refractivity contribution in [2.24, 2.45) is 0 Å². The smallest absolute Gasteiger partial charge is 0.350 e. The van der Waals surface area contributed by atoms with E-state index in [9.17, 15) is 9.59 Å². The van der Waals surface area contributed by atoms with Crippen molar-refractivity contribution < 1.29 is 14.3 Å². The largest absolute Gasteiger partial charge is 0.465 e. The molecule has 0 bridgehead atoms. The minimum absolute atomic E-state index is 0.167. The lowest BCUT2D eigenvalue weighted by Crippen LogP contribution is -2.33. The fourth-order valence-corrected chi connectivity index (χ4v) is 3.89. The Morgan fingerprint density at radius 3 is 2.75 bits per heavy atom. The molecule has 1 aromatic carbocycles. The zero-order chi connectivity index (χ0) is 17.1. The highest BCUT2D eigenvalue weighted by molar-refractivity contribution is 7.12. The number of urea groups is 1. The maximum atomic E-state index is 12.6. The van der Waals surface area contributed by atoms with Gasteiger partial charge < -0.3 is 15.0 Å². The second kappa shape index (κ2) is 7.05. The summed E-state index contributed by atoms with van der Waals surface area (Å²) in [6.07, 6.45) is 0.948. The first-order chi connectivity index (χ1) is 11.6. The minimum Gasteiger partial charge on any atom is -0.465 e. The first-order valence-electron chi connectivity index (χ1n) is 7.87. The monoisotopic (exact) mass is 344 g/mol. The standard InChI is InChI=1S/C18H20N2O3S/c1-12-11-24-16(17(21)23-2)15(12)19-18(22)20-9-8-14(10-20)13-6-4-3-5-7-13/h3-7,11,14H,8-10H2,1-2H3,(H,19,22). The van der Waals surface area contributed by atoms with Crippen LogP contribution in [0.4, 0.5) is 10.5 Å². The zero-order valence-corrected chi connectivity index (χ0v) is 14.6. The molecule has 0 spiro atoms. The van der Waals surface area contributed by atoms with Crippen LogP contribution in [0.3, 0.4) is 0 Å². The van der Waals surface area contributed by atoms with Crippen molar-refractivity contribution in [3.05, 3.63) is 51.7 Å². The average Bonchev–Trinajstić information content (AvgIpc) is 3.23. The third-order valence-electron chi connectivity index (χ3n) is 4.32. The molecule has 2 heterocycles. The number of carbonyl (C=O) groups excluding carboxylic acids is 2. The van der Waals surface area contributed by atoms with Crippen LogP contribution in [0.15, 0.2) is 35.7 Å². The van der Waals surface area contributed by atoms with Crippen molar-refractivity contribution in [3.8, 4) is 0 Å². The van der Waals surface area contributed by atoms with E-state index in [1.54, 1.807) is 4.90 Å². The molecule has 5 nitrogen and oxygen atoms in total. The number of amides is 2. The van der Waals surface area contributed by atoms with E-state index in [0.29, 0.717) is 29.6 Å². The average molecular weight is 344 g/mol. The molecule has 1 atom stereocenters. The number of benzene rings is 1. The molecule has 24 heavy (non-hydrogen) atoms. The minimum atomic E-state index is -0.424. The van der Waals surface area contributed by atoms with Crippen molar-refractivity contribution in [3.63, 3.8) is 0 Å². The van der Waals surface area contributed by atoms with Gasteiger partial charge in [0.05, 0.1) is 12.8 Å². The number of likely N-dealkylation sites (tertiary alicyclic amines) is 1. The van der Waals surface area contributed by atoms with Crippen molar-refractivity contribution >= 4 is 29.0 Å². The molecule has 6 heteroatoms. The van der Waals surface area contributed by atoms with Crippen LogP contribution in [0, 0.1) is 6.92 Å². The number of thiophene rings is 1. The van der Waals surface area contributed by atoms with E-state index in [0.717, 1.165) is 12.0 Å². The lowest BCUT2D eigenvalue weighted by molar-refractivity contribution is 0.0607. The summed E-state index contributed by atoms with van der Waals surface area (Å²) in [6.45, 7) is 3.27. The van der Waals surface area contributed by atoms with Gasteiger partial charge in [0.15, 0.2) is 0 Å². The number of aryl methyl sites for hydroxylation is 1. The fraction of sp³-hybridized carbons (Fsp3) is 0.333. The fourth-order valence-electron chi connectivity index (χ4n) is 2.97. The summed E-state index contributed by atoms with van der Waals surface area (Å²) in [5.74, 6) is -0.0624. The Hall–Kier alpha value is -2.34. The molecule has 3 rings (SSSR count). The number of hydrogen-bond acceptors (Lipinski definition) is 4. The molecule has 2 aromatic rings. The third-order valence-corrected chi connectivity index (χ3v) is 5.40. The van der Waals surface area contributed by atoms with Crippen LogP contribution >= 0.6 is 11.3 Å². The molecule has 1 unspecified atom stereocenters. The zero-order valence-electron chi connectivity index (χ0n) is 13.7. The van der Waals surface area contributed by atoms with Crippen molar-refractivity contribution in [1.82, 2.24) is 4.90 Å². The SMILES string of the molecule is COC(=O)c1scc(C)c1NC(=O)N1CCC(c2ccccc2)C1. The molecule has 0 radical (unpaired) electrons. The Bertz CT molecular complexity index is 742. The summed E-state index contributed by atoms with van der Waals surface area (Å²) < 4.78 is 4.78. The second-order valence-corrected chi connectivity index (χ2v) is 6.77. The summed E-state index contributed by atoms with van der Waals surface area (Å²) in [7, 11) is 1.34. The van der Waals surface area contributed by atoms with Crippen molar-refractivity contribution in [2.75, 3.05) is 25.5 Å². The predicted molar refractivity (Wildman–Crippen MR) is 94.8 cm³/mol. The maximum Gasteiger partial charge on any atom is 0.350 e. The van der Waals surface area contributed by atoms with Crippen LogP contribution in [0.25, 0.3) is 0 Å². The number of carbonyl (C=O) groups is 2. The summed E-state index contributed by atoms with van der Waals surface area (Å²) in [5, 5.41) is 4.73. The van der Waals surface area contributed by atoms with Gasteiger partial charge in [0.1, 0.15) is 4.88 Å². The maximum absolute atomic E-state index is 12.6. The lowest BCUT2D eigenvalue weighted by Gasteiger charge is -2.18. The van der Waals surface area contributed by atoms with Crippen molar-refractivity contribution in [2.45, 2.75) is 19.3 Å². The highest BCUT2D eigenvalue weighted by Gasteiger charge is 2.28. The van der Waals surface area contributed by atoms with Crippen molar-refractivity contribution in [1.29, 1.82) is 0 Å². The molecular formula is C18H20N2O3S. The lowest BCUT2D eigenvalue weighted by atomic mass is 9.99. The Morgan fingerprint density at radius 2 is 2.04 bits per heavy atom. The highest BCUT2D eigenvalue weighted by Crippen LogP contribution is 2.31. The number of nitrogens with one attached hydrogen (secondary N) is 1. The van der Waals surface area contributed by atoms with Gasteiger partial charge in [0, 0.05) is 19.0 Å². The van der Waals surface area contributed by atoms with E-state index in [-0.39, 0.29) is 6.03 Å². The topological polar surface area (TPSA) is 58.6 Å². The van der Waals surface area contributed by atoms with Gasteiger partial charge in [-0.05, 0) is 29.9 Å². The summed E-state index contributed by atoms with van der Waals surface area (Å²) in [5.41, 5.74) is 2.68. The number of esters is 1. The van der Waals surface area contributed by atoms with Crippen LogP contribution in [0.2, 0.25) is 0 Å². The molecule has 2 amide bonds. The molecule has 126 valence electrons. The Morgan fingerprint density at radius 1 is 1.29 bits per heavy atom. The highest BCUT2D eigenvalue weighted by atomic mass is 32.1. The molecule has 1 N–H and O–H groups in total. The van der Waals surface area contributed by atoms with Gasteiger partial charge in [-0.25, -0.2) is 9.59 Å². The Labute approximate surface area is 145 Å². The van der Waals surface area contributed by atoms with E-state index in [4.69, 9.17) is 4.74 Å². The first kappa shape index (κ1) is 16.5. The normalized spacial score (nSPS) is 16.9. The number of ether oxygens (including phenoxy) is 1. The van der Waals surface area contributed by atoms with Gasteiger partial charge in [0.2, 0.25) is 0 Å². The van der Waals surface area contributed by atoms with Gasteiger partial charge in [-0.2, -0.15) is 0 Å². The molecule has 1 aliphatic heterocycles. The predicted octanol–water partition coefficient (Wildman–Crippen LogP) is 3.86. The van der Waals surface area contributed by atoms with Crippen LogP contribution in [0.1, 0.15) is 33.1 Å².